The monoisotopic (exact) mass is 869 g/mol. The molecule has 0 unspecified atom stereocenters. The van der Waals surface area contributed by atoms with Crippen molar-refractivity contribution in [3.63, 3.8) is 0 Å². The molecule has 0 bridgehead atoms. The van der Waals surface area contributed by atoms with E-state index in [2.05, 4.69) is 26.3 Å². The molecule has 14 nitrogen and oxygen atoms in total. The molecule has 5 amide bonds. The number of rotatable bonds is 10. The Morgan fingerprint density at radius 3 is 1.26 bits per heavy atom. The summed E-state index contributed by atoms with van der Waals surface area (Å²) in [5, 5.41) is 17.7. The molecule has 5 aromatic carbocycles. The summed E-state index contributed by atoms with van der Waals surface area (Å²) in [6.07, 6.45) is -0.797. The molecule has 0 spiro atoms. The Morgan fingerprint density at radius 2 is 0.892 bits per heavy atom. The van der Waals surface area contributed by atoms with Crippen LogP contribution in [0.1, 0.15) is 26.3 Å². The van der Waals surface area contributed by atoms with Gasteiger partial charge in [-0.15, -0.1) is 0 Å². The van der Waals surface area contributed by atoms with Crippen LogP contribution in [-0.4, -0.2) is 50.6 Å². The lowest BCUT2D eigenvalue weighted by Gasteiger charge is -2.20. The molecule has 65 heavy (non-hydrogen) atoms. The Bertz CT molecular complexity index is 2610. The van der Waals surface area contributed by atoms with E-state index < -0.39 is 29.6 Å². The number of carbonyl (C=O) groups excluding carboxylic acids is 4. The van der Waals surface area contributed by atoms with Crippen molar-refractivity contribution in [2.24, 2.45) is 10.7 Å². The number of benzene rings is 5. The molecule has 330 valence electrons. The predicted molar refractivity (Wildman–Crippen MR) is 254 cm³/mol. The lowest BCUT2D eigenvalue weighted by atomic mass is 10.1. The van der Waals surface area contributed by atoms with Crippen LogP contribution in [0.5, 0.6) is 0 Å². The normalized spacial score (nSPS) is 11.0. The second kappa shape index (κ2) is 22.0. The second-order valence-electron chi connectivity index (χ2n) is 15.6. The largest absolute Gasteiger partial charge is 0.444 e. The number of carbonyl (C=O) groups is 4. The number of amides is 5. The topological polar surface area (TPSA) is 198 Å². The number of hydrogen-bond acceptors (Lipinski definition) is 6. The first kappa shape index (κ1) is 46.0. The van der Waals surface area contributed by atoms with Crippen LogP contribution in [0.4, 0.5) is 9.59 Å². The van der Waals surface area contributed by atoms with Gasteiger partial charge in [0.25, 0.3) is 0 Å². The highest BCUT2D eigenvalue weighted by molar-refractivity contribution is 6.02. The van der Waals surface area contributed by atoms with Crippen LogP contribution in [-0.2, 0) is 34.0 Å². The number of aromatic nitrogens is 2. The zero-order valence-electron chi connectivity index (χ0n) is 36.3. The molecule has 2 heterocycles. The summed E-state index contributed by atoms with van der Waals surface area (Å²) >= 11 is 0. The molecule has 0 fully saturated rings. The number of nitrogens with two attached hydrogens (primary N) is 1. The van der Waals surface area contributed by atoms with Crippen molar-refractivity contribution in [2.75, 3.05) is 0 Å². The standard InChI is InChI=1S/C27H25N5O2.C24H26N4O3/c28-26(31-27(34)29-18-20-10-4-1-5-11-20)30-25(33)19-32-23(21-12-6-2-7-13-21)16-17-24(32)22-14-8-3-9-15-22;1-24(2,3)31-23(30)27-22(25)26-21(29)16-28-19(17-10-6-4-7-11-17)14-15-20(28)18-12-8-5-9-13-18/h1-17H,18-19H2,(H4,28,29,30,31,33,34);4-15H,16H2,1-3H3,(H3,25,26,27,29,30). The van der Waals surface area contributed by atoms with E-state index in [1.54, 1.807) is 20.8 Å². The van der Waals surface area contributed by atoms with Crippen molar-refractivity contribution in [2.45, 2.75) is 46.0 Å². The summed E-state index contributed by atoms with van der Waals surface area (Å²) in [5.74, 6) is -1.52. The van der Waals surface area contributed by atoms with Crippen LogP contribution in [0.15, 0.2) is 181 Å². The van der Waals surface area contributed by atoms with Crippen LogP contribution >= 0.6 is 0 Å². The van der Waals surface area contributed by atoms with E-state index in [1.165, 1.54) is 0 Å². The minimum atomic E-state index is -0.797. The quantitative estimate of drug-likeness (QED) is 0.0588. The predicted octanol–water partition coefficient (Wildman–Crippen LogP) is 8.56. The van der Waals surface area contributed by atoms with Gasteiger partial charge in [0.2, 0.25) is 23.7 Å². The Labute approximate surface area is 377 Å². The Hall–Kier alpha value is -8.52. The lowest BCUT2D eigenvalue weighted by Crippen LogP contribution is -2.45. The van der Waals surface area contributed by atoms with Crippen molar-refractivity contribution in [3.05, 3.63) is 181 Å². The smallest absolute Gasteiger partial charge is 0.414 e. The van der Waals surface area contributed by atoms with Gasteiger partial charge >= 0.3 is 12.1 Å². The van der Waals surface area contributed by atoms with E-state index in [1.807, 2.05) is 185 Å². The first-order valence-corrected chi connectivity index (χ1v) is 20.8. The molecule has 0 aliphatic heterocycles. The number of alkyl carbamates (subject to hydrolysis) is 1. The van der Waals surface area contributed by atoms with Gasteiger partial charge in [-0.3, -0.25) is 30.9 Å². The molecule has 14 heteroatoms. The zero-order chi connectivity index (χ0) is 46.2. The number of hydrogen-bond donors (Lipinski definition) is 6. The molecule has 2 aromatic heterocycles. The third kappa shape index (κ3) is 13.7. The van der Waals surface area contributed by atoms with E-state index in [-0.39, 0.29) is 25.0 Å². The highest BCUT2D eigenvalue weighted by Crippen LogP contribution is 2.30. The number of ether oxygens (including phenoxy) is 1. The van der Waals surface area contributed by atoms with Gasteiger partial charge in [-0.25, -0.2) is 9.59 Å². The van der Waals surface area contributed by atoms with Crippen LogP contribution in [0.25, 0.3) is 45.0 Å². The molecule has 7 N–H and O–H groups in total. The van der Waals surface area contributed by atoms with E-state index in [9.17, 15) is 19.2 Å². The zero-order valence-corrected chi connectivity index (χ0v) is 36.3. The minimum absolute atomic E-state index is 0.00328. The van der Waals surface area contributed by atoms with Gasteiger partial charge in [-0.2, -0.15) is 4.99 Å². The Kier molecular flexibility index (Phi) is 15.6. The summed E-state index contributed by atoms with van der Waals surface area (Å²) < 4.78 is 8.91. The molecular formula is C51H51N9O5. The Morgan fingerprint density at radius 1 is 0.538 bits per heavy atom. The lowest BCUT2D eigenvalue weighted by molar-refractivity contribution is -0.121. The molecule has 0 aliphatic carbocycles. The number of nitrogens with zero attached hydrogens (tertiary/aromatic N) is 3. The SMILES string of the molecule is CC(C)(C)OC(=O)NC(=N)NC(=O)Cn1c(-c2ccccc2)ccc1-c1ccccc1.NC(=NC(=O)NCc1ccccc1)NC(=O)Cn1c(-c2ccccc2)ccc1-c1ccccc1. The molecule has 0 saturated carbocycles. The van der Waals surface area contributed by atoms with Crippen LogP contribution in [0, 0.1) is 5.41 Å². The van der Waals surface area contributed by atoms with Gasteiger partial charge < -0.3 is 24.9 Å². The Balaban J connectivity index is 0.000000216. The minimum Gasteiger partial charge on any atom is -0.444 e. The second-order valence-corrected chi connectivity index (χ2v) is 15.6. The van der Waals surface area contributed by atoms with Gasteiger partial charge in [0.1, 0.15) is 18.7 Å². The van der Waals surface area contributed by atoms with Crippen molar-refractivity contribution in [1.82, 2.24) is 30.4 Å². The number of guanidine groups is 2. The van der Waals surface area contributed by atoms with Crippen molar-refractivity contribution in [1.29, 1.82) is 5.41 Å². The van der Waals surface area contributed by atoms with Gasteiger partial charge in [-0.05, 0) is 72.9 Å². The number of urea groups is 1. The molecule has 7 rings (SSSR count). The van der Waals surface area contributed by atoms with Crippen LogP contribution in [0.3, 0.4) is 0 Å². The summed E-state index contributed by atoms with van der Waals surface area (Å²) in [6.45, 7) is 5.45. The van der Waals surface area contributed by atoms with Crippen molar-refractivity contribution < 1.29 is 23.9 Å². The third-order valence-electron chi connectivity index (χ3n) is 9.51. The molecule has 7 aromatic rings. The van der Waals surface area contributed by atoms with E-state index in [0.29, 0.717) is 6.54 Å². The maximum atomic E-state index is 12.8. The maximum absolute atomic E-state index is 12.8. The molecule has 0 saturated heterocycles. The first-order valence-electron chi connectivity index (χ1n) is 20.8. The fourth-order valence-corrected chi connectivity index (χ4v) is 6.76. The fraction of sp³-hybridized carbons (Fsp3) is 0.137. The molecule has 0 atom stereocenters. The van der Waals surface area contributed by atoms with Gasteiger partial charge in [0.15, 0.2) is 0 Å². The molecule has 0 aliphatic rings. The van der Waals surface area contributed by atoms with Crippen molar-refractivity contribution in [3.8, 4) is 45.0 Å². The summed E-state index contributed by atoms with van der Waals surface area (Å²) in [6, 6.07) is 55.9. The van der Waals surface area contributed by atoms with Gasteiger partial charge in [0, 0.05) is 29.3 Å². The highest BCUT2D eigenvalue weighted by atomic mass is 16.6. The van der Waals surface area contributed by atoms with Crippen LogP contribution < -0.4 is 27.0 Å². The highest BCUT2D eigenvalue weighted by Gasteiger charge is 2.20. The van der Waals surface area contributed by atoms with E-state index >= 15 is 0 Å². The summed E-state index contributed by atoms with van der Waals surface area (Å²) in [5.41, 5.74) is 13.5. The third-order valence-corrected chi connectivity index (χ3v) is 9.51. The number of aliphatic imine (C=N–C) groups is 1. The summed E-state index contributed by atoms with van der Waals surface area (Å²) in [7, 11) is 0. The average molecular weight is 870 g/mol. The maximum Gasteiger partial charge on any atom is 0.414 e. The first-order chi connectivity index (χ1) is 31.3. The summed E-state index contributed by atoms with van der Waals surface area (Å²) in [4.78, 5) is 53.1. The van der Waals surface area contributed by atoms with E-state index in [0.717, 1.165) is 50.6 Å². The average Bonchev–Trinajstić information content (AvgIpc) is 3.90. The van der Waals surface area contributed by atoms with E-state index in [4.69, 9.17) is 15.9 Å². The molecular weight excluding hydrogens is 819 g/mol. The fourth-order valence-electron chi connectivity index (χ4n) is 6.76. The van der Waals surface area contributed by atoms with Crippen molar-refractivity contribution >= 4 is 35.9 Å². The van der Waals surface area contributed by atoms with Crippen LogP contribution in [0.2, 0.25) is 0 Å². The van der Waals surface area contributed by atoms with Gasteiger partial charge in [-0.1, -0.05) is 152 Å². The van der Waals surface area contributed by atoms with Gasteiger partial charge in [0.05, 0.1) is 0 Å². The molecule has 0 radical (unpaired) electrons. The number of nitrogens with one attached hydrogen (secondary N) is 5.